The van der Waals surface area contributed by atoms with E-state index in [0.29, 0.717) is 26.2 Å². The van der Waals surface area contributed by atoms with Crippen molar-refractivity contribution in [3.63, 3.8) is 0 Å². The highest BCUT2D eigenvalue weighted by Crippen LogP contribution is 1.89. The molecule has 0 aromatic carbocycles. The molecular weight excluding hydrogens is 158 g/mol. The zero-order chi connectivity index (χ0) is 9.23. The Morgan fingerprint density at radius 2 is 2.17 bits per heavy atom. The molecule has 0 aliphatic rings. The summed E-state index contributed by atoms with van der Waals surface area (Å²) < 4.78 is 9.77. The van der Waals surface area contributed by atoms with E-state index in [9.17, 15) is 4.79 Å². The molecule has 0 saturated heterocycles. The topological polar surface area (TPSA) is 61.5 Å². The first-order valence-electron chi connectivity index (χ1n) is 4.09. The van der Waals surface area contributed by atoms with Crippen molar-refractivity contribution in [1.82, 2.24) is 0 Å². The number of hydrogen-bond acceptors (Lipinski definition) is 4. The minimum absolute atomic E-state index is 0.108. The van der Waals surface area contributed by atoms with Crippen molar-refractivity contribution in [2.45, 2.75) is 12.8 Å². The third kappa shape index (κ3) is 7.65. The van der Waals surface area contributed by atoms with Crippen LogP contribution in [-0.4, -0.2) is 39.3 Å². The van der Waals surface area contributed by atoms with Crippen LogP contribution in [0.25, 0.3) is 0 Å². The summed E-state index contributed by atoms with van der Waals surface area (Å²) in [6.07, 6.45) is 1.26. The molecule has 12 heavy (non-hydrogen) atoms. The largest absolute Gasteiger partial charge is 0.382 e. The fourth-order valence-corrected chi connectivity index (χ4v) is 0.700. The van der Waals surface area contributed by atoms with Gasteiger partial charge in [0.25, 0.3) is 0 Å². The molecule has 4 nitrogen and oxygen atoms in total. The Labute approximate surface area is 73.0 Å². The Kier molecular flexibility index (Phi) is 8.32. The van der Waals surface area contributed by atoms with Crippen LogP contribution >= 0.6 is 0 Å². The monoisotopic (exact) mass is 175 g/mol. The molecule has 0 aromatic heterocycles. The van der Waals surface area contributed by atoms with Gasteiger partial charge in [-0.25, -0.2) is 0 Å². The molecule has 0 amide bonds. The Morgan fingerprint density at radius 1 is 1.42 bits per heavy atom. The second-order valence-corrected chi connectivity index (χ2v) is 2.48. The van der Waals surface area contributed by atoms with Crippen molar-refractivity contribution >= 4 is 5.78 Å². The average Bonchev–Trinajstić information content (AvgIpc) is 2.09. The molecule has 72 valence electrons. The maximum absolute atomic E-state index is 10.9. The normalized spacial score (nSPS) is 10.2. The summed E-state index contributed by atoms with van der Waals surface area (Å²) in [5, 5.41) is 0. The molecule has 2 N–H and O–H groups in total. The van der Waals surface area contributed by atoms with Gasteiger partial charge >= 0.3 is 0 Å². The fraction of sp³-hybridized carbons (Fsp3) is 0.875. The van der Waals surface area contributed by atoms with Gasteiger partial charge in [-0.1, -0.05) is 0 Å². The van der Waals surface area contributed by atoms with Gasteiger partial charge in [0.2, 0.25) is 0 Å². The number of Topliss-reactive ketones (excluding diaryl/α,β-unsaturated/α-hetero) is 1. The number of rotatable bonds is 8. The van der Waals surface area contributed by atoms with E-state index < -0.39 is 0 Å². The number of methoxy groups -OCH3 is 1. The molecule has 0 aliphatic carbocycles. The molecule has 0 aromatic rings. The molecule has 0 bridgehead atoms. The molecule has 0 unspecified atom stereocenters. The van der Waals surface area contributed by atoms with Crippen LogP contribution in [0.1, 0.15) is 12.8 Å². The lowest BCUT2D eigenvalue weighted by atomic mass is 10.2. The first-order chi connectivity index (χ1) is 5.81. The van der Waals surface area contributed by atoms with Crippen molar-refractivity contribution in [3.8, 4) is 0 Å². The van der Waals surface area contributed by atoms with Gasteiger partial charge < -0.3 is 15.2 Å². The first kappa shape index (κ1) is 11.6. The Morgan fingerprint density at radius 3 is 2.75 bits per heavy atom. The number of carbonyl (C=O) groups excluding carboxylic acids is 1. The van der Waals surface area contributed by atoms with Gasteiger partial charge in [0.05, 0.1) is 13.2 Å². The van der Waals surface area contributed by atoms with Crippen LogP contribution in [-0.2, 0) is 14.3 Å². The van der Waals surface area contributed by atoms with Crippen molar-refractivity contribution in [2.24, 2.45) is 5.73 Å². The number of hydrogen-bond donors (Lipinski definition) is 1. The minimum atomic E-state index is 0.108. The van der Waals surface area contributed by atoms with Crippen LogP contribution in [0, 0.1) is 0 Å². The Balaban J connectivity index is 3.08. The number of nitrogens with two attached hydrogens (primary N) is 1. The molecule has 0 rings (SSSR count). The third-order valence-corrected chi connectivity index (χ3v) is 1.35. The van der Waals surface area contributed by atoms with Gasteiger partial charge in [0.15, 0.2) is 5.78 Å². The molecule has 0 spiro atoms. The first-order valence-corrected chi connectivity index (χ1v) is 4.09. The van der Waals surface area contributed by atoms with E-state index in [1.54, 1.807) is 7.11 Å². The summed E-state index contributed by atoms with van der Waals surface area (Å²) in [4.78, 5) is 10.9. The fourth-order valence-electron chi connectivity index (χ4n) is 0.700. The van der Waals surface area contributed by atoms with Gasteiger partial charge in [-0.2, -0.15) is 0 Å². The van der Waals surface area contributed by atoms with E-state index in [1.807, 2.05) is 0 Å². The highest BCUT2D eigenvalue weighted by Gasteiger charge is 1.99. The molecule has 0 atom stereocenters. The highest BCUT2D eigenvalue weighted by atomic mass is 16.5. The standard InChI is InChI=1S/C8H17NO3/c1-11-5-6-12-7-8(10)3-2-4-9/h2-7,9H2,1H3. The van der Waals surface area contributed by atoms with E-state index in [-0.39, 0.29) is 12.4 Å². The number of ketones is 1. The van der Waals surface area contributed by atoms with Gasteiger partial charge in [0.1, 0.15) is 6.61 Å². The second-order valence-electron chi connectivity index (χ2n) is 2.48. The van der Waals surface area contributed by atoms with Crippen molar-refractivity contribution < 1.29 is 14.3 Å². The van der Waals surface area contributed by atoms with E-state index in [0.717, 1.165) is 6.42 Å². The zero-order valence-corrected chi connectivity index (χ0v) is 7.54. The van der Waals surface area contributed by atoms with E-state index >= 15 is 0 Å². The van der Waals surface area contributed by atoms with Crippen LogP contribution in [0.5, 0.6) is 0 Å². The van der Waals surface area contributed by atoms with Crippen molar-refractivity contribution in [2.75, 3.05) is 33.5 Å². The van der Waals surface area contributed by atoms with E-state index in [2.05, 4.69) is 0 Å². The van der Waals surface area contributed by atoms with E-state index in [4.69, 9.17) is 15.2 Å². The average molecular weight is 175 g/mol. The van der Waals surface area contributed by atoms with Gasteiger partial charge in [0, 0.05) is 13.5 Å². The van der Waals surface area contributed by atoms with Crippen LogP contribution < -0.4 is 5.73 Å². The van der Waals surface area contributed by atoms with Crippen LogP contribution in [0.15, 0.2) is 0 Å². The molecule has 0 radical (unpaired) electrons. The molecule has 0 heterocycles. The molecule has 0 fully saturated rings. The van der Waals surface area contributed by atoms with Crippen molar-refractivity contribution in [1.29, 1.82) is 0 Å². The van der Waals surface area contributed by atoms with E-state index in [1.165, 1.54) is 0 Å². The Hall–Kier alpha value is -0.450. The quantitative estimate of drug-likeness (QED) is 0.526. The van der Waals surface area contributed by atoms with Crippen LogP contribution in [0.4, 0.5) is 0 Å². The summed E-state index contributed by atoms with van der Waals surface area (Å²) in [5.74, 6) is 0.108. The second kappa shape index (κ2) is 8.64. The van der Waals surface area contributed by atoms with Gasteiger partial charge in [-0.15, -0.1) is 0 Å². The van der Waals surface area contributed by atoms with Crippen LogP contribution in [0.2, 0.25) is 0 Å². The van der Waals surface area contributed by atoms with Crippen LogP contribution in [0.3, 0.4) is 0 Å². The lowest BCUT2D eigenvalue weighted by Crippen LogP contribution is -2.13. The maximum Gasteiger partial charge on any atom is 0.158 e. The smallest absolute Gasteiger partial charge is 0.158 e. The highest BCUT2D eigenvalue weighted by molar-refractivity contribution is 5.79. The van der Waals surface area contributed by atoms with Gasteiger partial charge in [-0.3, -0.25) is 4.79 Å². The summed E-state index contributed by atoms with van der Waals surface area (Å²) in [6, 6.07) is 0. The summed E-state index contributed by atoms with van der Waals surface area (Å²) in [6.45, 7) is 1.75. The number of ether oxygens (including phenoxy) is 2. The Bertz CT molecular complexity index is 117. The molecule has 0 aliphatic heterocycles. The zero-order valence-electron chi connectivity index (χ0n) is 7.54. The predicted molar refractivity (Wildman–Crippen MR) is 46.0 cm³/mol. The maximum atomic E-state index is 10.9. The summed E-state index contributed by atoms with van der Waals surface area (Å²) >= 11 is 0. The third-order valence-electron chi connectivity index (χ3n) is 1.35. The predicted octanol–water partition coefficient (Wildman–Crippen LogP) is -0.0426. The minimum Gasteiger partial charge on any atom is -0.382 e. The van der Waals surface area contributed by atoms with Gasteiger partial charge in [-0.05, 0) is 13.0 Å². The van der Waals surface area contributed by atoms with Crippen molar-refractivity contribution in [3.05, 3.63) is 0 Å². The SMILES string of the molecule is COCCOCC(=O)CCCN. The summed E-state index contributed by atoms with van der Waals surface area (Å²) in [7, 11) is 1.60. The summed E-state index contributed by atoms with van der Waals surface area (Å²) in [5.41, 5.74) is 5.24. The number of carbonyl (C=O) groups is 1. The lowest BCUT2D eigenvalue weighted by molar-refractivity contribution is -0.124. The lowest BCUT2D eigenvalue weighted by Gasteiger charge is -2.01. The molecule has 0 saturated carbocycles. The molecule has 4 heteroatoms. The molecular formula is C8H17NO3.